The highest BCUT2D eigenvalue weighted by Crippen LogP contribution is 2.32. The van der Waals surface area contributed by atoms with Crippen LogP contribution in [0.3, 0.4) is 0 Å². The normalized spacial score (nSPS) is 15.1. The van der Waals surface area contributed by atoms with Gasteiger partial charge in [-0.25, -0.2) is 14.5 Å². The summed E-state index contributed by atoms with van der Waals surface area (Å²) >= 11 is 0. The van der Waals surface area contributed by atoms with E-state index in [1.807, 2.05) is 78.9 Å². The molecule has 1 aliphatic heterocycles. The van der Waals surface area contributed by atoms with Gasteiger partial charge in [0, 0.05) is 24.0 Å². The molecule has 0 aliphatic carbocycles. The van der Waals surface area contributed by atoms with Gasteiger partial charge in [0.2, 0.25) is 11.7 Å². The van der Waals surface area contributed by atoms with Gasteiger partial charge >= 0.3 is 0 Å². The van der Waals surface area contributed by atoms with Gasteiger partial charge in [-0.15, -0.1) is 0 Å². The zero-order valence-corrected chi connectivity index (χ0v) is 23.7. The van der Waals surface area contributed by atoms with Crippen molar-refractivity contribution in [2.45, 2.75) is 32.7 Å². The number of hydrogen-bond donors (Lipinski definition) is 2. The van der Waals surface area contributed by atoms with Crippen LogP contribution in [0.1, 0.15) is 24.0 Å². The average Bonchev–Trinajstić information content (AvgIpc) is 3.66. The van der Waals surface area contributed by atoms with Crippen LogP contribution in [0.25, 0.3) is 33.5 Å². The predicted octanol–water partition coefficient (Wildman–Crippen LogP) is 5.08. The molecule has 42 heavy (non-hydrogen) atoms. The molecule has 4 heterocycles. The Hall–Kier alpha value is -4.96. The number of ether oxygens (including phenoxy) is 2. The lowest BCUT2D eigenvalue weighted by Crippen LogP contribution is -2.28. The molecule has 10 nitrogen and oxygen atoms in total. The third kappa shape index (κ3) is 4.40. The van der Waals surface area contributed by atoms with Crippen molar-refractivity contribution >= 4 is 39.5 Å². The molecule has 6 aromatic rings. The minimum Gasteiger partial charge on any atom is -0.493 e. The Balaban J connectivity index is 1.33. The molecule has 0 bridgehead atoms. The van der Waals surface area contributed by atoms with Gasteiger partial charge in [-0.05, 0) is 68.6 Å². The smallest absolute Gasteiger partial charge is 0.270 e. The van der Waals surface area contributed by atoms with Crippen LogP contribution in [0.15, 0.2) is 71.7 Å². The molecule has 3 aromatic heterocycles. The summed E-state index contributed by atoms with van der Waals surface area (Å²) in [5.74, 6) is 2.13. The molecule has 3 aromatic carbocycles. The Morgan fingerprint density at radius 2 is 1.86 bits per heavy atom. The monoisotopic (exact) mass is 561 g/mol. The number of para-hydroxylation sites is 3. The van der Waals surface area contributed by atoms with E-state index in [1.54, 1.807) is 17.9 Å². The number of methoxy groups -OCH3 is 1. The summed E-state index contributed by atoms with van der Waals surface area (Å²) in [4.78, 5) is 28.3. The van der Waals surface area contributed by atoms with Crippen molar-refractivity contribution in [3.8, 4) is 17.2 Å². The third-order valence-corrected chi connectivity index (χ3v) is 7.84. The maximum Gasteiger partial charge on any atom is 0.270 e. The minimum absolute atomic E-state index is 0.225. The highest BCUT2D eigenvalue weighted by Gasteiger charge is 2.21. The summed E-state index contributed by atoms with van der Waals surface area (Å²) < 4.78 is 15.3. The lowest BCUT2D eigenvalue weighted by Gasteiger charge is -2.16. The molecule has 1 atom stereocenters. The van der Waals surface area contributed by atoms with Crippen LogP contribution in [-0.2, 0) is 0 Å². The highest BCUT2D eigenvalue weighted by molar-refractivity contribution is 5.88. The predicted molar refractivity (Wildman–Crippen MR) is 164 cm³/mol. The van der Waals surface area contributed by atoms with Gasteiger partial charge in [0.1, 0.15) is 12.0 Å². The second-order valence-corrected chi connectivity index (χ2v) is 10.6. The molecule has 0 radical (unpaired) electrons. The number of anilines is 2. The fourth-order valence-corrected chi connectivity index (χ4v) is 5.78. The van der Waals surface area contributed by atoms with Gasteiger partial charge in [-0.1, -0.05) is 30.3 Å². The van der Waals surface area contributed by atoms with Crippen molar-refractivity contribution < 1.29 is 9.47 Å². The van der Waals surface area contributed by atoms with E-state index in [0.717, 1.165) is 46.5 Å². The molecule has 212 valence electrons. The number of hydrogen-bond acceptors (Lipinski definition) is 8. The Morgan fingerprint density at radius 1 is 1.02 bits per heavy atom. The number of imidazole rings is 1. The topological polar surface area (TPSA) is 108 Å². The Kier molecular flexibility index (Phi) is 6.47. The number of aryl methyl sites for hydroxylation is 2. The van der Waals surface area contributed by atoms with Gasteiger partial charge < -0.3 is 20.1 Å². The number of nitrogens with zero attached hydrogens (tertiary/aromatic N) is 5. The summed E-state index contributed by atoms with van der Waals surface area (Å²) in [6.07, 6.45) is 3.85. The summed E-state index contributed by atoms with van der Waals surface area (Å²) in [5, 5.41) is 7.10. The van der Waals surface area contributed by atoms with E-state index < -0.39 is 0 Å². The fraction of sp³-hybridized carbons (Fsp3) is 0.250. The molecule has 1 aliphatic rings. The van der Waals surface area contributed by atoms with Gasteiger partial charge in [0.25, 0.3) is 5.56 Å². The van der Waals surface area contributed by atoms with E-state index in [-0.39, 0.29) is 5.56 Å². The molecule has 2 N–H and O–H groups in total. The maximum absolute atomic E-state index is 14.0. The molecular weight excluding hydrogens is 530 g/mol. The van der Waals surface area contributed by atoms with Crippen molar-refractivity contribution in [3.05, 3.63) is 88.3 Å². The maximum atomic E-state index is 14.0. The van der Waals surface area contributed by atoms with Gasteiger partial charge in [-0.2, -0.15) is 4.98 Å². The summed E-state index contributed by atoms with van der Waals surface area (Å²) in [6, 6.07) is 19.8. The molecular formula is C32H31N7O3. The van der Waals surface area contributed by atoms with Crippen molar-refractivity contribution in [1.29, 1.82) is 0 Å². The van der Waals surface area contributed by atoms with Crippen LogP contribution >= 0.6 is 0 Å². The van der Waals surface area contributed by atoms with E-state index in [9.17, 15) is 4.79 Å². The second-order valence-electron chi connectivity index (χ2n) is 10.6. The van der Waals surface area contributed by atoms with Gasteiger partial charge in [0.05, 0.1) is 23.8 Å². The van der Waals surface area contributed by atoms with Crippen LogP contribution < -0.4 is 25.7 Å². The fourth-order valence-electron chi connectivity index (χ4n) is 5.78. The van der Waals surface area contributed by atoms with E-state index >= 15 is 0 Å². The second kappa shape index (κ2) is 10.5. The van der Waals surface area contributed by atoms with Gasteiger partial charge in [0.15, 0.2) is 17.1 Å². The van der Waals surface area contributed by atoms with Crippen molar-refractivity contribution in [3.63, 3.8) is 0 Å². The molecule has 0 saturated carbocycles. The van der Waals surface area contributed by atoms with E-state index in [0.29, 0.717) is 46.9 Å². The summed E-state index contributed by atoms with van der Waals surface area (Å²) in [5.41, 5.74) is 5.36. The van der Waals surface area contributed by atoms with Crippen LogP contribution in [0.2, 0.25) is 0 Å². The molecule has 7 rings (SSSR count). The lowest BCUT2D eigenvalue weighted by molar-refractivity contribution is 0.262. The third-order valence-electron chi connectivity index (χ3n) is 7.84. The van der Waals surface area contributed by atoms with E-state index in [1.165, 1.54) is 6.42 Å². The molecule has 1 fully saturated rings. The number of fused-ring (bicyclic) bond motifs is 5. The van der Waals surface area contributed by atoms with Crippen LogP contribution in [0.4, 0.5) is 11.6 Å². The first-order valence-corrected chi connectivity index (χ1v) is 14.1. The molecule has 0 spiro atoms. The number of rotatable bonds is 7. The van der Waals surface area contributed by atoms with E-state index in [4.69, 9.17) is 19.4 Å². The largest absolute Gasteiger partial charge is 0.493 e. The highest BCUT2D eigenvalue weighted by atomic mass is 16.5. The first-order valence-electron chi connectivity index (χ1n) is 14.1. The Morgan fingerprint density at radius 3 is 2.64 bits per heavy atom. The van der Waals surface area contributed by atoms with Crippen LogP contribution in [0, 0.1) is 13.8 Å². The van der Waals surface area contributed by atoms with E-state index in [2.05, 4.69) is 15.6 Å². The van der Waals surface area contributed by atoms with Crippen molar-refractivity contribution in [1.82, 2.24) is 29.2 Å². The molecule has 1 saturated heterocycles. The Bertz CT molecular complexity index is 2010. The zero-order chi connectivity index (χ0) is 28.8. The first-order chi connectivity index (χ1) is 20.5. The lowest BCUT2D eigenvalue weighted by atomic mass is 10.1. The number of nitrogens with one attached hydrogen (secondary N) is 2. The standard InChI is InChI=1S/C32H31N7O3/c1-19-8-6-9-20(2)28(19)39-30(40)23-17-34-31(37-29(23)38-25-12-5-4-11-24(25)36-32(38)39)35-21-13-14-26(27(16-21)41-3)42-18-22-10-7-15-33-22/h4-6,8-9,11-14,16-17,22,33H,7,10,15,18H2,1-3H3,(H,34,35,37)/t22-/m1/s1. The van der Waals surface area contributed by atoms with Crippen molar-refractivity contribution in [2.24, 2.45) is 0 Å². The number of aromatic nitrogens is 5. The summed E-state index contributed by atoms with van der Waals surface area (Å²) in [7, 11) is 1.62. The van der Waals surface area contributed by atoms with Crippen molar-refractivity contribution in [2.75, 3.05) is 25.6 Å². The average molecular weight is 562 g/mol. The summed E-state index contributed by atoms with van der Waals surface area (Å²) in [6.45, 7) is 5.61. The SMILES string of the molecule is COc1cc(Nc2ncc3c(=O)n(-c4c(C)cccc4C)c4nc5ccccc5n4c3n2)ccc1OC[C@H]1CCCN1. The first kappa shape index (κ1) is 26.0. The zero-order valence-electron chi connectivity index (χ0n) is 23.7. The van der Waals surface area contributed by atoms with Crippen LogP contribution in [-0.4, -0.2) is 50.2 Å². The Labute approximate surface area is 242 Å². The minimum atomic E-state index is -0.225. The van der Waals surface area contributed by atoms with Crippen LogP contribution in [0.5, 0.6) is 11.5 Å². The molecule has 0 amide bonds. The van der Waals surface area contributed by atoms with Gasteiger partial charge in [-0.3, -0.25) is 9.20 Å². The quantitative estimate of drug-likeness (QED) is 0.278. The number of benzene rings is 3. The molecule has 0 unspecified atom stereocenters. The molecule has 10 heteroatoms.